The maximum Gasteiger partial charge on any atom is 0.243 e. The second-order valence-corrected chi connectivity index (χ2v) is 7.70. The topological polar surface area (TPSA) is 53.2 Å². The lowest BCUT2D eigenvalue weighted by Crippen LogP contribution is -2.37. The van der Waals surface area contributed by atoms with Crippen molar-refractivity contribution in [2.75, 3.05) is 13.1 Å². The summed E-state index contributed by atoms with van der Waals surface area (Å²) in [4.78, 5) is 3.55. The minimum Gasteiger partial charge on any atom is -0.361 e. The first kappa shape index (κ1) is 13.6. The lowest BCUT2D eigenvalue weighted by atomic mass is 10.0. The molecule has 0 spiro atoms. The fraction of sp³-hybridized carbons (Fsp3) is 0.467. The summed E-state index contributed by atoms with van der Waals surface area (Å²) in [6, 6.07) is 5.34. The lowest BCUT2D eigenvalue weighted by molar-refractivity contribution is 0.288. The molecule has 1 aliphatic rings. The molecule has 0 bridgehead atoms. The van der Waals surface area contributed by atoms with Gasteiger partial charge < -0.3 is 4.98 Å². The van der Waals surface area contributed by atoms with Crippen LogP contribution in [0.1, 0.15) is 25.3 Å². The number of hydrogen-bond acceptors (Lipinski definition) is 2. The second-order valence-electron chi connectivity index (χ2n) is 5.77. The quantitative estimate of drug-likeness (QED) is 0.925. The number of aromatic nitrogens is 1. The predicted molar refractivity (Wildman–Crippen MR) is 80.2 cm³/mol. The van der Waals surface area contributed by atoms with Crippen molar-refractivity contribution >= 4 is 20.9 Å². The minimum absolute atomic E-state index is 0.405. The molecule has 1 N–H and O–H groups in total. The van der Waals surface area contributed by atoms with Crippen molar-refractivity contribution in [1.29, 1.82) is 0 Å². The highest BCUT2D eigenvalue weighted by Crippen LogP contribution is 2.26. The Bertz CT molecular complexity index is 725. The largest absolute Gasteiger partial charge is 0.361 e. The molecule has 0 aliphatic carbocycles. The molecule has 0 saturated carbocycles. The van der Waals surface area contributed by atoms with E-state index in [1.54, 1.807) is 16.4 Å². The van der Waals surface area contributed by atoms with E-state index in [1.807, 2.05) is 19.2 Å². The fourth-order valence-corrected chi connectivity index (χ4v) is 4.27. The number of benzene rings is 1. The number of nitrogens with one attached hydrogen (secondary N) is 1. The minimum atomic E-state index is -3.35. The zero-order valence-electron chi connectivity index (χ0n) is 11.9. The van der Waals surface area contributed by atoms with Gasteiger partial charge in [0.2, 0.25) is 10.0 Å². The van der Waals surface area contributed by atoms with Crippen LogP contribution in [0.25, 0.3) is 10.9 Å². The molecule has 20 heavy (non-hydrogen) atoms. The molecule has 4 nitrogen and oxygen atoms in total. The van der Waals surface area contributed by atoms with E-state index in [0.717, 1.165) is 29.3 Å². The monoisotopic (exact) mass is 292 g/mol. The highest BCUT2D eigenvalue weighted by molar-refractivity contribution is 7.89. The van der Waals surface area contributed by atoms with E-state index in [-0.39, 0.29) is 0 Å². The molecule has 108 valence electrons. The maximum atomic E-state index is 12.7. The first-order chi connectivity index (χ1) is 9.48. The van der Waals surface area contributed by atoms with Gasteiger partial charge in [0.1, 0.15) is 0 Å². The van der Waals surface area contributed by atoms with E-state index in [9.17, 15) is 8.42 Å². The van der Waals surface area contributed by atoms with Gasteiger partial charge in [0.15, 0.2) is 0 Å². The number of piperidine rings is 1. The van der Waals surface area contributed by atoms with Crippen molar-refractivity contribution in [3.8, 4) is 0 Å². The molecule has 2 aromatic rings. The van der Waals surface area contributed by atoms with Crippen molar-refractivity contribution in [2.45, 2.75) is 31.6 Å². The molecule has 0 radical (unpaired) electrons. The summed E-state index contributed by atoms with van der Waals surface area (Å²) in [6.45, 7) is 5.43. The van der Waals surface area contributed by atoms with Crippen LogP contribution in [0.2, 0.25) is 0 Å². The van der Waals surface area contributed by atoms with Crippen molar-refractivity contribution < 1.29 is 8.42 Å². The van der Waals surface area contributed by atoms with E-state index in [1.165, 1.54) is 0 Å². The van der Waals surface area contributed by atoms with Gasteiger partial charge in [-0.3, -0.25) is 0 Å². The fourth-order valence-electron chi connectivity index (χ4n) is 2.77. The first-order valence-corrected chi connectivity index (χ1v) is 8.50. The SMILES string of the molecule is Cc1c[nH]c2ccc(S(=O)(=O)N3CCC(C)CC3)cc12. The van der Waals surface area contributed by atoms with E-state index in [0.29, 0.717) is 23.9 Å². The molecule has 2 heterocycles. The van der Waals surface area contributed by atoms with Crippen molar-refractivity contribution in [3.05, 3.63) is 30.0 Å². The molecule has 1 aromatic heterocycles. The number of rotatable bonds is 2. The van der Waals surface area contributed by atoms with E-state index in [2.05, 4.69) is 11.9 Å². The van der Waals surface area contributed by atoms with Crippen LogP contribution in [-0.4, -0.2) is 30.8 Å². The third kappa shape index (κ3) is 2.25. The van der Waals surface area contributed by atoms with Crippen LogP contribution < -0.4 is 0 Å². The van der Waals surface area contributed by atoms with Crippen molar-refractivity contribution in [2.24, 2.45) is 5.92 Å². The number of aromatic amines is 1. The summed E-state index contributed by atoms with van der Waals surface area (Å²) in [5.74, 6) is 0.621. The Morgan fingerprint density at radius 3 is 2.65 bits per heavy atom. The smallest absolute Gasteiger partial charge is 0.243 e. The summed E-state index contributed by atoms with van der Waals surface area (Å²) in [5, 5.41) is 0.983. The van der Waals surface area contributed by atoms with Gasteiger partial charge in [-0.15, -0.1) is 0 Å². The number of aryl methyl sites for hydroxylation is 1. The Morgan fingerprint density at radius 2 is 1.95 bits per heavy atom. The molecule has 1 aliphatic heterocycles. The predicted octanol–water partition coefficient (Wildman–Crippen LogP) is 2.90. The highest BCUT2D eigenvalue weighted by Gasteiger charge is 2.28. The average molecular weight is 292 g/mol. The van der Waals surface area contributed by atoms with Crippen molar-refractivity contribution in [1.82, 2.24) is 9.29 Å². The summed E-state index contributed by atoms with van der Waals surface area (Å²) in [7, 11) is -3.35. The van der Waals surface area contributed by atoms with Crippen LogP contribution in [0.5, 0.6) is 0 Å². The normalized spacial score (nSPS) is 18.7. The van der Waals surface area contributed by atoms with Gasteiger partial charge >= 0.3 is 0 Å². The number of H-pyrrole nitrogens is 1. The van der Waals surface area contributed by atoms with E-state index >= 15 is 0 Å². The number of fused-ring (bicyclic) bond motifs is 1. The van der Waals surface area contributed by atoms with Crippen LogP contribution in [0.4, 0.5) is 0 Å². The number of sulfonamides is 1. The molecule has 1 saturated heterocycles. The van der Waals surface area contributed by atoms with Crippen LogP contribution in [-0.2, 0) is 10.0 Å². The van der Waals surface area contributed by atoms with Gasteiger partial charge in [-0.05, 0) is 49.4 Å². The van der Waals surface area contributed by atoms with Crippen LogP contribution >= 0.6 is 0 Å². The van der Waals surface area contributed by atoms with Gasteiger partial charge in [-0.1, -0.05) is 6.92 Å². The van der Waals surface area contributed by atoms with Gasteiger partial charge in [0.05, 0.1) is 4.90 Å². The van der Waals surface area contributed by atoms with Crippen LogP contribution in [0.3, 0.4) is 0 Å². The summed E-state index contributed by atoms with van der Waals surface area (Å²) < 4.78 is 27.0. The number of nitrogens with zero attached hydrogens (tertiary/aromatic N) is 1. The second kappa shape index (κ2) is 4.90. The van der Waals surface area contributed by atoms with Gasteiger partial charge in [-0.25, -0.2) is 8.42 Å². The Hall–Kier alpha value is -1.33. The Labute approximate surface area is 119 Å². The first-order valence-electron chi connectivity index (χ1n) is 7.06. The zero-order chi connectivity index (χ0) is 14.3. The highest BCUT2D eigenvalue weighted by atomic mass is 32.2. The molecule has 3 rings (SSSR count). The van der Waals surface area contributed by atoms with Gasteiger partial charge in [-0.2, -0.15) is 4.31 Å². The van der Waals surface area contributed by atoms with Gasteiger partial charge in [0, 0.05) is 30.2 Å². The maximum absolute atomic E-state index is 12.7. The third-order valence-electron chi connectivity index (χ3n) is 4.24. The molecule has 1 fully saturated rings. The van der Waals surface area contributed by atoms with Crippen molar-refractivity contribution in [3.63, 3.8) is 0 Å². The summed E-state index contributed by atoms with van der Waals surface area (Å²) in [6.07, 6.45) is 3.80. The molecule has 1 aromatic carbocycles. The molecular formula is C15H20N2O2S. The zero-order valence-corrected chi connectivity index (χ0v) is 12.7. The standard InChI is InChI=1S/C15H20N2O2S/c1-11-5-7-17(8-6-11)20(18,19)13-3-4-15-14(9-13)12(2)10-16-15/h3-4,9-11,16H,5-8H2,1-2H3. The Morgan fingerprint density at radius 1 is 1.25 bits per heavy atom. The Balaban J connectivity index is 1.98. The molecule has 5 heteroatoms. The average Bonchev–Trinajstić information content (AvgIpc) is 2.80. The third-order valence-corrected chi connectivity index (χ3v) is 6.14. The van der Waals surface area contributed by atoms with Crippen LogP contribution in [0, 0.1) is 12.8 Å². The lowest BCUT2D eigenvalue weighted by Gasteiger charge is -2.29. The van der Waals surface area contributed by atoms with Gasteiger partial charge in [0.25, 0.3) is 0 Å². The van der Waals surface area contributed by atoms with E-state index < -0.39 is 10.0 Å². The summed E-state index contributed by atoms with van der Waals surface area (Å²) >= 11 is 0. The molecular weight excluding hydrogens is 272 g/mol. The molecule has 0 atom stereocenters. The molecule has 0 amide bonds. The Kier molecular flexibility index (Phi) is 3.34. The van der Waals surface area contributed by atoms with E-state index in [4.69, 9.17) is 0 Å². The molecule has 0 unspecified atom stereocenters. The number of hydrogen-bond donors (Lipinski definition) is 1. The summed E-state index contributed by atoms with van der Waals surface area (Å²) in [5.41, 5.74) is 2.05. The van der Waals surface area contributed by atoms with Crippen LogP contribution in [0.15, 0.2) is 29.3 Å².